The normalized spacial score (nSPS) is 11.8. The minimum Gasteiger partial charge on any atom is -0.493 e. The number of hydrogen-bond acceptors (Lipinski definition) is 8. The standard InChI is InChI=1S/C22H24N2O6S/c1-6-30-21(26)13(2)31-22-23-17-15(12-16(27-3)18(28-4)19(17)29-5)20(25)24(22)14-10-8-7-9-11-14/h7-13H,6H2,1-5H3/t13-/m1/s1. The van der Waals surface area contributed by atoms with Crippen molar-refractivity contribution in [3.63, 3.8) is 0 Å². The van der Waals surface area contributed by atoms with Crippen molar-refractivity contribution in [1.29, 1.82) is 0 Å². The lowest BCUT2D eigenvalue weighted by atomic mass is 10.2. The molecule has 9 heteroatoms. The van der Waals surface area contributed by atoms with Crippen molar-refractivity contribution in [1.82, 2.24) is 9.55 Å². The number of benzene rings is 2. The second kappa shape index (κ2) is 9.74. The first-order valence-electron chi connectivity index (χ1n) is 9.61. The SMILES string of the molecule is CCOC(=O)[C@@H](C)Sc1nc2c(OC)c(OC)c(OC)cc2c(=O)n1-c1ccccc1. The highest BCUT2D eigenvalue weighted by atomic mass is 32.2. The van der Waals surface area contributed by atoms with Crippen LogP contribution >= 0.6 is 11.8 Å². The van der Waals surface area contributed by atoms with E-state index in [1.165, 1.54) is 25.9 Å². The van der Waals surface area contributed by atoms with E-state index in [4.69, 9.17) is 23.9 Å². The maximum absolute atomic E-state index is 13.6. The van der Waals surface area contributed by atoms with Crippen LogP contribution < -0.4 is 19.8 Å². The largest absolute Gasteiger partial charge is 0.493 e. The maximum atomic E-state index is 13.6. The van der Waals surface area contributed by atoms with E-state index in [1.807, 2.05) is 18.2 Å². The quantitative estimate of drug-likeness (QED) is 0.297. The van der Waals surface area contributed by atoms with Crippen LogP contribution in [0.4, 0.5) is 0 Å². The summed E-state index contributed by atoms with van der Waals surface area (Å²) in [7, 11) is 4.43. The minimum atomic E-state index is -0.578. The van der Waals surface area contributed by atoms with E-state index in [2.05, 4.69) is 0 Å². The molecule has 3 rings (SSSR count). The second-order valence-electron chi connectivity index (χ2n) is 6.42. The van der Waals surface area contributed by atoms with Crippen molar-refractivity contribution in [2.45, 2.75) is 24.3 Å². The minimum absolute atomic E-state index is 0.269. The molecular formula is C22H24N2O6S. The fraction of sp³-hybridized carbons (Fsp3) is 0.318. The smallest absolute Gasteiger partial charge is 0.319 e. The van der Waals surface area contributed by atoms with Gasteiger partial charge in [0.15, 0.2) is 16.7 Å². The number of esters is 1. The van der Waals surface area contributed by atoms with Crippen molar-refractivity contribution in [2.24, 2.45) is 0 Å². The predicted molar refractivity (Wildman–Crippen MR) is 119 cm³/mol. The van der Waals surface area contributed by atoms with Crippen LogP contribution in [0.5, 0.6) is 17.2 Å². The molecule has 1 aromatic heterocycles. The van der Waals surface area contributed by atoms with E-state index in [1.54, 1.807) is 32.0 Å². The third kappa shape index (κ3) is 4.32. The molecule has 0 bridgehead atoms. The Hall–Kier alpha value is -3.20. The Kier molecular flexibility index (Phi) is 7.06. The maximum Gasteiger partial charge on any atom is 0.319 e. The molecule has 0 saturated carbocycles. The molecule has 3 aromatic rings. The van der Waals surface area contributed by atoms with Crippen molar-refractivity contribution in [3.8, 4) is 22.9 Å². The summed E-state index contributed by atoms with van der Waals surface area (Å²) in [6, 6.07) is 10.7. The van der Waals surface area contributed by atoms with Gasteiger partial charge in [-0.05, 0) is 32.0 Å². The molecule has 2 aromatic carbocycles. The van der Waals surface area contributed by atoms with Crippen LogP contribution in [0.2, 0.25) is 0 Å². The van der Waals surface area contributed by atoms with E-state index in [9.17, 15) is 9.59 Å². The van der Waals surface area contributed by atoms with Gasteiger partial charge in [0.2, 0.25) is 5.75 Å². The second-order valence-corrected chi connectivity index (χ2v) is 7.73. The summed E-state index contributed by atoms with van der Waals surface area (Å²) in [4.78, 5) is 30.5. The Labute approximate surface area is 184 Å². The molecule has 8 nitrogen and oxygen atoms in total. The summed E-state index contributed by atoms with van der Waals surface area (Å²) < 4.78 is 22.9. The van der Waals surface area contributed by atoms with Crippen molar-refractivity contribution >= 4 is 28.6 Å². The van der Waals surface area contributed by atoms with Gasteiger partial charge < -0.3 is 18.9 Å². The van der Waals surface area contributed by atoms with Gasteiger partial charge in [0.25, 0.3) is 5.56 Å². The van der Waals surface area contributed by atoms with Crippen LogP contribution in [0.25, 0.3) is 16.6 Å². The lowest BCUT2D eigenvalue weighted by molar-refractivity contribution is -0.142. The molecule has 0 aliphatic rings. The van der Waals surface area contributed by atoms with Gasteiger partial charge in [-0.25, -0.2) is 4.98 Å². The molecule has 0 amide bonds. The molecular weight excluding hydrogens is 420 g/mol. The first kappa shape index (κ1) is 22.5. The number of methoxy groups -OCH3 is 3. The van der Waals surface area contributed by atoms with E-state index in [0.717, 1.165) is 11.8 Å². The molecule has 31 heavy (non-hydrogen) atoms. The zero-order chi connectivity index (χ0) is 22.5. The molecule has 164 valence electrons. The molecule has 0 spiro atoms. The molecule has 0 fully saturated rings. The van der Waals surface area contributed by atoms with Crippen LogP contribution in [0, 0.1) is 0 Å². The number of carbonyl (C=O) groups excluding carboxylic acids is 1. The molecule has 0 saturated heterocycles. The van der Waals surface area contributed by atoms with Gasteiger partial charge in [0.05, 0.1) is 39.0 Å². The highest BCUT2D eigenvalue weighted by Crippen LogP contribution is 2.42. The number of thioether (sulfide) groups is 1. The number of carbonyl (C=O) groups is 1. The lowest BCUT2D eigenvalue weighted by Crippen LogP contribution is -2.24. The lowest BCUT2D eigenvalue weighted by Gasteiger charge is -2.18. The Balaban J connectivity index is 2.34. The fourth-order valence-electron chi connectivity index (χ4n) is 3.12. The highest BCUT2D eigenvalue weighted by molar-refractivity contribution is 8.00. The third-order valence-corrected chi connectivity index (χ3v) is 5.58. The fourth-order valence-corrected chi connectivity index (χ4v) is 4.04. The molecule has 1 heterocycles. The van der Waals surface area contributed by atoms with E-state index < -0.39 is 5.25 Å². The summed E-state index contributed by atoms with van der Waals surface area (Å²) in [6.45, 7) is 3.72. The number of aromatic nitrogens is 2. The Morgan fingerprint density at radius 3 is 2.35 bits per heavy atom. The van der Waals surface area contributed by atoms with E-state index >= 15 is 0 Å². The number of hydrogen-bond donors (Lipinski definition) is 0. The topological polar surface area (TPSA) is 88.9 Å². The monoisotopic (exact) mass is 444 g/mol. The molecule has 1 atom stereocenters. The summed E-state index contributed by atoms with van der Waals surface area (Å²) >= 11 is 1.13. The number of ether oxygens (including phenoxy) is 4. The van der Waals surface area contributed by atoms with Crippen LogP contribution in [0.3, 0.4) is 0 Å². The van der Waals surface area contributed by atoms with Crippen LogP contribution in [0.1, 0.15) is 13.8 Å². The molecule has 0 aliphatic heterocycles. The van der Waals surface area contributed by atoms with Crippen molar-refractivity contribution in [2.75, 3.05) is 27.9 Å². The van der Waals surface area contributed by atoms with E-state index in [0.29, 0.717) is 33.2 Å². The van der Waals surface area contributed by atoms with Crippen LogP contribution in [0.15, 0.2) is 46.3 Å². The summed E-state index contributed by atoms with van der Waals surface area (Å²) in [5, 5.41) is 0.0478. The number of fused-ring (bicyclic) bond motifs is 1. The Morgan fingerprint density at radius 2 is 1.77 bits per heavy atom. The van der Waals surface area contributed by atoms with Gasteiger partial charge in [-0.1, -0.05) is 30.0 Å². The van der Waals surface area contributed by atoms with Crippen LogP contribution in [-0.2, 0) is 9.53 Å². The van der Waals surface area contributed by atoms with Crippen molar-refractivity contribution < 1.29 is 23.7 Å². The first-order valence-corrected chi connectivity index (χ1v) is 10.5. The highest BCUT2D eigenvalue weighted by Gasteiger charge is 2.25. The van der Waals surface area contributed by atoms with Gasteiger partial charge in [-0.2, -0.15) is 0 Å². The first-order chi connectivity index (χ1) is 15.0. The molecule has 0 unspecified atom stereocenters. The molecule has 0 N–H and O–H groups in total. The number of nitrogens with zero attached hydrogens (tertiary/aromatic N) is 2. The predicted octanol–water partition coefficient (Wildman–Crippen LogP) is 3.46. The zero-order valence-electron chi connectivity index (χ0n) is 18.0. The molecule has 0 radical (unpaired) electrons. The van der Waals surface area contributed by atoms with Gasteiger partial charge >= 0.3 is 5.97 Å². The Bertz CT molecular complexity index is 1150. The van der Waals surface area contributed by atoms with E-state index in [-0.39, 0.29) is 23.9 Å². The van der Waals surface area contributed by atoms with Crippen molar-refractivity contribution in [3.05, 3.63) is 46.8 Å². The zero-order valence-corrected chi connectivity index (χ0v) is 18.8. The summed E-state index contributed by atoms with van der Waals surface area (Å²) in [5.74, 6) is 0.572. The average molecular weight is 445 g/mol. The third-order valence-electron chi connectivity index (χ3n) is 4.55. The molecule has 0 aliphatic carbocycles. The van der Waals surface area contributed by atoms with Gasteiger partial charge in [-0.15, -0.1) is 0 Å². The number of rotatable bonds is 8. The van der Waals surface area contributed by atoms with Gasteiger partial charge in [-0.3, -0.25) is 14.2 Å². The summed E-state index contributed by atoms with van der Waals surface area (Å²) in [5.41, 5.74) is 0.610. The average Bonchev–Trinajstić information content (AvgIpc) is 2.78. The van der Waals surface area contributed by atoms with Gasteiger partial charge in [0, 0.05) is 0 Å². The number of para-hydroxylation sites is 1. The van der Waals surface area contributed by atoms with Gasteiger partial charge in [0.1, 0.15) is 10.8 Å². The Morgan fingerprint density at radius 1 is 1.10 bits per heavy atom. The van der Waals surface area contributed by atoms with Crippen LogP contribution in [-0.4, -0.2) is 48.7 Å². The summed E-state index contributed by atoms with van der Waals surface area (Å²) in [6.07, 6.45) is 0.